The van der Waals surface area contributed by atoms with Gasteiger partial charge in [-0.1, -0.05) is 0 Å². The molecule has 0 bridgehead atoms. The Bertz CT molecular complexity index is 651. The highest BCUT2D eigenvalue weighted by atomic mass is 35.5. The third-order valence-electron chi connectivity index (χ3n) is 2.48. The number of fused-ring (bicyclic) bond motifs is 1. The molecule has 0 atom stereocenters. The van der Waals surface area contributed by atoms with Crippen LogP contribution >= 0.6 is 24.8 Å². The lowest BCUT2D eigenvalue weighted by Crippen LogP contribution is -1.97. The predicted molar refractivity (Wildman–Crippen MR) is 81.6 cm³/mol. The lowest BCUT2D eigenvalue weighted by Gasteiger charge is -2.07. The SMILES string of the molecule is Cl.Cl.Nc1ccc(Nc2ccnn3ccnc23)cc1. The summed E-state index contributed by atoms with van der Waals surface area (Å²) in [5.41, 5.74) is 9.06. The highest BCUT2D eigenvalue weighted by Crippen LogP contribution is 2.20. The van der Waals surface area contributed by atoms with Gasteiger partial charge in [-0.25, -0.2) is 9.50 Å². The maximum absolute atomic E-state index is 5.64. The molecule has 0 unspecified atom stereocenters. The van der Waals surface area contributed by atoms with E-state index in [0.717, 1.165) is 22.7 Å². The largest absolute Gasteiger partial charge is 0.399 e. The molecule has 0 saturated carbocycles. The van der Waals surface area contributed by atoms with Crippen molar-refractivity contribution in [1.82, 2.24) is 14.6 Å². The molecule has 0 spiro atoms. The van der Waals surface area contributed by atoms with Crippen molar-refractivity contribution < 1.29 is 0 Å². The molecular formula is C12H13Cl2N5. The fraction of sp³-hybridized carbons (Fsp3) is 0. The molecule has 0 aliphatic heterocycles. The molecule has 100 valence electrons. The van der Waals surface area contributed by atoms with Gasteiger partial charge in [-0.3, -0.25) is 0 Å². The van der Waals surface area contributed by atoms with Crippen LogP contribution < -0.4 is 11.1 Å². The van der Waals surface area contributed by atoms with Gasteiger partial charge in [-0.15, -0.1) is 24.8 Å². The molecule has 19 heavy (non-hydrogen) atoms. The highest BCUT2D eigenvalue weighted by molar-refractivity contribution is 5.85. The minimum Gasteiger partial charge on any atom is -0.399 e. The third-order valence-corrected chi connectivity index (χ3v) is 2.48. The number of rotatable bonds is 2. The molecule has 3 N–H and O–H groups in total. The average Bonchev–Trinajstić information content (AvgIpc) is 2.81. The van der Waals surface area contributed by atoms with Crippen LogP contribution in [-0.4, -0.2) is 14.6 Å². The molecule has 3 rings (SSSR count). The Morgan fingerprint density at radius 2 is 1.74 bits per heavy atom. The number of halogens is 2. The van der Waals surface area contributed by atoms with Crippen molar-refractivity contribution in [3.8, 4) is 0 Å². The van der Waals surface area contributed by atoms with E-state index in [0.29, 0.717) is 0 Å². The maximum atomic E-state index is 5.64. The molecule has 0 aliphatic carbocycles. The summed E-state index contributed by atoms with van der Waals surface area (Å²) in [5.74, 6) is 0. The van der Waals surface area contributed by atoms with Crippen LogP contribution in [0.25, 0.3) is 5.65 Å². The lowest BCUT2D eigenvalue weighted by atomic mass is 10.3. The summed E-state index contributed by atoms with van der Waals surface area (Å²) >= 11 is 0. The maximum Gasteiger partial charge on any atom is 0.177 e. The second kappa shape index (κ2) is 6.26. The summed E-state index contributed by atoms with van der Waals surface area (Å²) in [7, 11) is 0. The quantitative estimate of drug-likeness (QED) is 0.714. The van der Waals surface area contributed by atoms with Gasteiger partial charge in [0.1, 0.15) is 0 Å². The van der Waals surface area contributed by atoms with Crippen molar-refractivity contribution in [1.29, 1.82) is 0 Å². The topological polar surface area (TPSA) is 68.2 Å². The van der Waals surface area contributed by atoms with E-state index in [1.165, 1.54) is 0 Å². The Labute approximate surface area is 122 Å². The molecule has 0 fully saturated rings. The van der Waals surface area contributed by atoms with Crippen molar-refractivity contribution >= 4 is 47.5 Å². The van der Waals surface area contributed by atoms with E-state index in [4.69, 9.17) is 5.73 Å². The molecule has 2 aromatic heterocycles. The first kappa shape index (κ1) is 15.1. The van der Waals surface area contributed by atoms with Crippen LogP contribution in [0, 0.1) is 0 Å². The van der Waals surface area contributed by atoms with Crippen LogP contribution in [0.4, 0.5) is 17.1 Å². The number of hydrogen-bond donors (Lipinski definition) is 2. The molecule has 2 heterocycles. The first-order valence-electron chi connectivity index (χ1n) is 5.24. The zero-order valence-electron chi connectivity index (χ0n) is 9.85. The molecule has 0 amide bonds. The lowest BCUT2D eigenvalue weighted by molar-refractivity contribution is 0.937. The fourth-order valence-corrected chi connectivity index (χ4v) is 1.66. The van der Waals surface area contributed by atoms with E-state index < -0.39 is 0 Å². The number of hydrogen-bond acceptors (Lipinski definition) is 4. The van der Waals surface area contributed by atoms with Crippen molar-refractivity contribution in [3.05, 3.63) is 48.9 Å². The second-order valence-corrected chi connectivity index (χ2v) is 3.69. The molecule has 0 saturated heterocycles. The normalized spacial score (nSPS) is 9.47. The summed E-state index contributed by atoms with van der Waals surface area (Å²) in [5, 5.41) is 7.43. The van der Waals surface area contributed by atoms with E-state index in [2.05, 4.69) is 15.4 Å². The summed E-state index contributed by atoms with van der Waals surface area (Å²) in [4.78, 5) is 4.25. The molecule has 0 aliphatic rings. The minimum atomic E-state index is 0. The van der Waals surface area contributed by atoms with Crippen molar-refractivity contribution in [2.45, 2.75) is 0 Å². The van der Waals surface area contributed by atoms with Gasteiger partial charge in [0.05, 0.1) is 11.9 Å². The number of nitrogens with zero attached hydrogens (tertiary/aromatic N) is 3. The van der Waals surface area contributed by atoms with E-state index >= 15 is 0 Å². The number of anilines is 3. The van der Waals surface area contributed by atoms with Gasteiger partial charge >= 0.3 is 0 Å². The third kappa shape index (κ3) is 3.07. The fourth-order valence-electron chi connectivity index (χ4n) is 1.66. The van der Waals surface area contributed by atoms with Gasteiger partial charge in [0.2, 0.25) is 0 Å². The predicted octanol–water partition coefficient (Wildman–Crippen LogP) is 2.90. The Kier molecular flexibility index (Phi) is 4.97. The number of benzene rings is 1. The molecule has 7 heteroatoms. The summed E-state index contributed by atoms with van der Waals surface area (Å²) in [6, 6.07) is 9.45. The molecule has 1 aromatic carbocycles. The van der Waals surface area contributed by atoms with Gasteiger partial charge in [-0.2, -0.15) is 5.10 Å². The molecule has 5 nitrogen and oxygen atoms in total. The Morgan fingerprint density at radius 1 is 1.00 bits per heavy atom. The van der Waals surface area contributed by atoms with E-state index in [9.17, 15) is 0 Å². The van der Waals surface area contributed by atoms with Crippen molar-refractivity contribution in [3.63, 3.8) is 0 Å². The van der Waals surface area contributed by atoms with Crippen LogP contribution in [0.1, 0.15) is 0 Å². The van der Waals surface area contributed by atoms with E-state index in [-0.39, 0.29) is 24.8 Å². The van der Waals surface area contributed by atoms with Crippen molar-refractivity contribution in [2.75, 3.05) is 11.1 Å². The Morgan fingerprint density at radius 3 is 2.47 bits per heavy atom. The standard InChI is InChI=1S/C12H11N5.2ClH/c13-9-1-3-10(4-2-9)16-11-5-6-15-17-8-7-14-12(11)17;;/h1-8,16H,13H2;2*1H. The Balaban J connectivity index is 0.000000902. The first-order chi connectivity index (χ1) is 8.33. The number of aromatic nitrogens is 3. The second-order valence-electron chi connectivity index (χ2n) is 3.69. The molecule has 3 aromatic rings. The number of nitrogens with one attached hydrogen (secondary N) is 1. The van der Waals surface area contributed by atoms with Crippen LogP contribution in [0.15, 0.2) is 48.9 Å². The summed E-state index contributed by atoms with van der Waals surface area (Å²) in [6.07, 6.45) is 5.26. The van der Waals surface area contributed by atoms with Gasteiger partial charge in [0.25, 0.3) is 0 Å². The van der Waals surface area contributed by atoms with Gasteiger partial charge in [0.15, 0.2) is 5.65 Å². The number of nitrogen functional groups attached to an aromatic ring is 1. The Hall–Kier alpha value is -1.98. The number of imidazole rings is 1. The summed E-state index contributed by atoms with van der Waals surface area (Å²) in [6.45, 7) is 0. The number of nitrogens with two attached hydrogens (primary N) is 1. The minimum absolute atomic E-state index is 0. The first-order valence-corrected chi connectivity index (χ1v) is 5.24. The van der Waals surface area contributed by atoms with Crippen LogP contribution in [-0.2, 0) is 0 Å². The van der Waals surface area contributed by atoms with Gasteiger partial charge in [0, 0.05) is 23.8 Å². The zero-order valence-corrected chi connectivity index (χ0v) is 11.5. The average molecular weight is 298 g/mol. The molecule has 0 radical (unpaired) electrons. The monoisotopic (exact) mass is 297 g/mol. The van der Waals surface area contributed by atoms with E-state index in [1.54, 1.807) is 16.9 Å². The van der Waals surface area contributed by atoms with Crippen molar-refractivity contribution in [2.24, 2.45) is 0 Å². The summed E-state index contributed by atoms with van der Waals surface area (Å²) < 4.78 is 1.72. The molecular weight excluding hydrogens is 285 g/mol. The van der Waals surface area contributed by atoms with Gasteiger partial charge < -0.3 is 11.1 Å². The van der Waals surface area contributed by atoms with E-state index in [1.807, 2.05) is 36.5 Å². The zero-order chi connectivity index (χ0) is 11.7. The van der Waals surface area contributed by atoms with Gasteiger partial charge in [-0.05, 0) is 30.3 Å². The van der Waals surface area contributed by atoms with Crippen LogP contribution in [0.5, 0.6) is 0 Å². The van der Waals surface area contributed by atoms with Crippen LogP contribution in [0.2, 0.25) is 0 Å². The van der Waals surface area contributed by atoms with Crippen LogP contribution in [0.3, 0.4) is 0 Å². The smallest absolute Gasteiger partial charge is 0.177 e. The highest BCUT2D eigenvalue weighted by Gasteiger charge is 2.02.